The molecule has 0 amide bonds. The van der Waals surface area contributed by atoms with Gasteiger partial charge in [-0.2, -0.15) is 9.38 Å². The summed E-state index contributed by atoms with van der Waals surface area (Å²) >= 11 is 0. The highest BCUT2D eigenvalue weighted by Crippen LogP contribution is 2.32. The molecule has 14 heavy (non-hydrogen) atoms. The van der Waals surface area contributed by atoms with E-state index in [1.807, 2.05) is 0 Å². The lowest BCUT2D eigenvalue weighted by atomic mass is 10.1. The first-order chi connectivity index (χ1) is 6.57. The van der Waals surface area contributed by atoms with E-state index in [2.05, 4.69) is 4.99 Å². The summed E-state index contributed by atoms with van der Waals surface area (Å²) in [5.41, 5.74) is -0.736. The van der Waals surface area contributed by atoms with Gasteiger partial charge in [0.15, 0.2) is 5.69 Å². The van der Waals surface area contributed by atoms with Gasteiger partial charge < -0.3 is 0 Å². The van der Waals surface area contributed by atoms with Crippen LogP contribution in [0.2, 0.25) is 0 Å². The second kappa shape index (κ2) is 3.76. The summed E-state index contributed by atoms with van der Waals surface area (Å²) in [6, 6.07) is 2.26. The minimum Gasteiger partial charge on any atom is -0.258 e. The number of rotatable bonds is 2. The Kier molecular flexibility index (Phi) is 2.69. The Hall–Kier alpha value is -2.07. The molecule has 0 heterocycles. The van der Waals surface area contributed by atoms with Crippen molar-refractivity contribution >= 4 is 17.5 Å². The van der Waals surface area contributed by atoms with Crippen molar-refractivity contribution in [2.45, 2.75) is 6.92 Å². The Morgan fingerprint density at radius 1 is 1.57 bits per heavy atom. The van der Waals surface area contributed by atoms with E-state index >= 15 is 0 Å². The van der Waals surface area contributed by atoms with Gasteiger partial charge in [-0.05, 0) is 18.6 Å². The molecule has 0 aromatic heterocycles. The molecule has 0 saturated heterocycles. The molecule has 0 fully saturated rings. The highest BCUT2D eigenvalue weighted by molar-refractivity contribution is 5.66. The lowest BCUT2D eigenvalue weighted by Gasteiger charge is -1.99. The van der Waals surface area contributed by atoms with Crippen molar-refractivity contribution in [1.29, 1.82) is 0 Å². The van der Waals surface area contributed by atoms with Crippen molar-refractivity contribution < 1.29 is 14.1 Å². The smallest absolute Gasteiger partial charge is 0.258 e. The number of nitrogens with zero attached hydrogens (tertiary/aromatic N) is 2. The predicted molar refractivity (Wildman–Crippen MR) is 45.6 cm³/mol. The highest BCUT2D eigenvalue weighted by Gasteiger charge is 2.21. The van der Waals surface area contributed by atoms with Gasteiger partial charge in [0.2, 0.25) is 11.9 Å². The Labute approximate surface area is 78.0 Å². The fraction of sp³-hybridized carbons (Fsp3) is 0.125. The average Bonchev–Trinajstić information content (AvgIpc) is 2.11. The minimum atomic E-state index is -1.02. The summed E-state index contributed by atoms with van der Waals surface area (Å²) < 4.78 is 13.0. The van der Waals surface area contributed by atoms with Crippen molar-refractivity contribution in [3.05, 3.63) is 33.6 Å². The molecule has 0 atom stereocenters. The Morgan fingerprint density at radius 3 is 2.71 bits per heavy atom. The van der Waals surface area contributed by atoms with Crippen molar-refractivity contribution in [3.63, 3.8) is 0 Å². The van der Waals surface area contributed by atoms with E-state index < -0.39 is 16.4 Å². The molecular weight excluding hydrogens is 191 g/mol. The second-order valence-electron chi connectivity index (χ2n) is 2.52. The van der Waals surface area contributed by atoms with Crippen LogP contribution in [0.15, 0.2) is 17.1 Å². The molecule has 72 valence electrons. The van der Waals surface area contributed by atoms with Gasteiger partial charge in [0.05, 0.1) is 4.92 Å². The molecule has 1 aromatic carbocycles. The fourth-order valence-electron chi connectivity index (χ4n) is 1.02. The zero-order valence-corrected chi connectivity index (χ0v) is 7.15. The normalized spacial score (nSPS) is 9.29. The van der Waals surface area contributed by atoms with E-state index in [9.17, 15) is 19.3 Å². The predicted octanol–water partition coefficient (Wildman–Crippen LogP) is 2.01. The molecule has 5 nitrogen and oxygen atoms in total. The van der Waals surface area contributed by atoms with Crippen LogP contribution in [0.5, 0.6) is 0 Å². The number of carbonyl (C=O) groups excluding carboxylic acids is 1. The molecule has 0 bridgehead atoms. The fourth-order valence-corrected chi connectivity index (χ4v) is 1.02. The van der Waals surface area contributed by atoms with Gasteiger partial charge in [-0.1, -0.05) is 6.07 Å². The maximum Gasteiger partial charge on any atom is 0.331 e. The van der Waals surface area contributed by atoms with Crippen LogP contribution in [0, 0.1) is 22.9 Å². The second-order valence-corrected chi connectivity index (χ2v) is 2.52. The molecule has 0 N–H and O–H groups in total. The van der Waals surface area contributed by atoms with Crippen LogP contribution in [-0.2, 0) is 4.79 Å². The van der Waals surface area contributed by atoms with E-state index in [1.165, 1.54) is 13.0 Å². The maximum atomic E-state index is 13.0. The van der Waals surface area contributed by atoms with Crippen LogP contribution < -0.4 is 0 Å². The minimum absolute atomic E-state index is 0.287. The topological polar surface area (TPSA) is 72.6 Å². The number of hydrogen-bond donors (Lipinski definition) is 0. The molecule has 0 unspecified atom stereocenters. The maximum absolute atomic E-state index is 13.0. The highest BCUT2D eigenvalue weighted by atomic mass is 19.1. The average molecular weight is 196 g/mol. The lowest BCUT2D eigenvalue weighted by molar-refractivity contribution is -0.386. The third-order valence-corrected chi connectivity index (χ3v) is 1.64. The van der Waals surface area contributed by atoms with Gasteiger partial charge >= 0.3 is 5.69 Å². The zero-order chi connectivity index (χ0) is 10.7. The van der Waals surface area contributed by atoms with Gasteiger partial charge in [0.1, 0.15) is 0 Å². The van der Waals surface area contributed by atoms with Crippen molar-refractivity contribution in [3.8, 4) is 0 Å². The van der Waals surface area contributed by atoms with Crippen molar-refractivity contribution in [2.75, 3.05) is 0 Å². The van der Waals surface area contributed by atoms with Crippen molar-refractivity contribution in [2.24, 2.45) is 4.99 Å². The molecule has 1 aromatic rings. The number of nitro groups is 1. The first kappa shape index (κ1) is 10.0. The summed E-state index contributed by atoms with van der Waals surface area (Å²) in [7, 11) is 0. The number of benzene rings is 1. The molecule has 0 saturated carbocycles. The van der Waals surface area contributed by atoms with Gasteiger partial charge in [-0.15, -0.1) is 0 Å². The van der Waals surface area contributed by atoms with Crippen LogP contribution in [0.4, 0.5) is 15.8 Å². The Bertz CT molecular complexity index is 411. The Morgan fingerprint density at radius 2 is 2.21 bits per heavy atom. The lowest BCUT2D eigenvalue weighted by Crippen LogP contribution is -1.94. The Balaban J connectivity index is 3.57. The van der Waals surface area contributed by atoms with E-state index in [4.69, 9.17) is 0 Å². The number of halogens is 1. The molecule has 0 aliphatic heterocycles. The molecule has 0 aliphatic rings. The standard InChI is InChI=1S/C8H5FN2O3/c1-5-2-3-6(9)8(11(13)14)7(5)10-4-12/h2-3H,1H3. The third-order valence-electron chi connectivity index (χ3n) is 1.64. The summed E-state index contributed by atoms with van der Waals surface area (Å²) in [6.45, 7) is 1.49. The van der Waals surface area contributed by atoms with Crippen LogP contribution >= 0.6 is 0 Å². The number of isocyanates is 1. The van der Waals surface area contributed by atoms with Crippen molar-refractivity contribution in [1.82, 2.24) is 0 Å². The van der Waals surface area contributed by atoms with E-state index in [0.29, 0.717) is 5.56 Å². The van der Waals surface area contributed by atoms with Crippen LogP contribution in [0.1, 0.15) is 5.56 Å². The number of aliphatic imine (C=N–C) groups is 1. The summed E-state index contributed by atoms with van der Waals surface area (Å²) in [5.74, 6) is -1.02. The van der Waals surface area contributed by atoms with Gasteiger partial charge in [0, 0.05) is 0 Å². The monoisotopic (exact) mass is 196 g/mol. The van der Waals surface area contributed by atoms with E-state index in [-0.39, 0.29) is 5.69 Å². The molecular formula is C8H5FN2O3. The van der Waals surface area contributed by atoms with Crippen LogP contribution in [0.3, 0.4) is 0 Å². The van der Waals surface area contributed by atoms with Gasteiger partial charge in [0.25, 0.3) is 0 Å². The van der Waals surface area contributed by atoms with Crippen LogP contribution in [-0.4, -0.2) is 11.0 Å². The molecule has 6 heteroatoms. The summed E-state index contributed by atoms with van der Waals surface area (Å²) in [6.07, 6.45) is 1.15. The summed E-state index contributed by atoms with van der Waals surface area (Å²) in [5, 5.41) is 10.4. The van der Waals surface area contributed by atoms with E-state index in [0.717, 1.165) is 12.1 Å². The first-order valence-corrected chi connectivity index (χ1v) is 3.59. The van der Waals surface area contributed by atoms with E-state index in [1.54, 1.807) is 0 Å². The SMILES string of the molecule is Cc1ccc(F)c([N+](=O)[O-])c1N=C=O. The molecule has 0 radical (unpaired) electrons. The molecule has 1 rings (SSSR count). The third kappa shape index (κ3) is 1.65. The molecule has 0 spiro atoms. The van der Waals surface area contributed by atoms with Gasteiger partial charge in [-0.25, -0.2) is 4.79 Å². The quantitative estimate of drug-likeness (QED) is 0.314. The largest absolute Gasteiger partial charge is 0.331 e. The first-order valence-electron chi connectivity index (χ1n) is 3.59. The number of aryl methyl sites for hydroxylation is 1. The van der Waals surface area contributed by atoms with Gasteiger partial charge in [-0.3, -0.25) is 10.1 Å². The van der Waals surface area contributed by atoms with Crippen LogP contribution in [0.25, 0.3) is 0 Å². The summed E-state index contributed by atoms with van der Waals surface area (Å²) in [4.78, 5) is 22.6. The number of nitro benzene ring substituents is 1. The molecule has 0 aliphatic carbocycles. The number of hydrogen-bond acceptors (Lipinski definition) is 4. The zero-order valence-electron chi connectivity index (χ0n) is 7.15.